The lowest BCUT2D eigenvalue weighted by atomic mass is 9.98. The van der Waals surface area contributed by atoms with Crippen molar-refractivity contribution in [3.63, 3.8) is 0 Å². The van der Waals surface area contributed by atoms with Gasteiger partial charge in [0.15, 0.2) is 0 Å². The van der Waals surface area contributed by atoms with Crippen molar-refractivity contribution in [3.05, 3.63) is 0 Å². The highest BCUT2D eigenvalue weighted by molar-refractivity contribution is 4.72. The molecule has 0 bridgehead atoms. The summed E-state index contributed by atoms with van der Waals surface area (Å²) in [6.45, 7) is 3.78. The molecule has 0 saturated carbocycles. The average molecular weight is 278 g/mol. The van der Waals surface area contributed by atoms with Crippen LogP contribution in [0.1, 0.15) is 58.8 Å². The summed E-state index contributed by atoms with van der Waals surface area (Å²) in [5.41, 5.74) is 0. The average Bonchev–Trinajstić information content (AvgIpc) is 2.27. The summed E-state index contributed by atoms with van der Waals surface area (Å²) in [6.07, 6.45) is -0.627. The fourth-order valence-electron chi connectivity index (χ4n) is 2.16. The highest BCUT2D eigenvalue weighted by atomic mass is 16.3. The molecular weight excluding hydrogens is 248 g/mol. The number of rotatable bonds is 11. The summed E-state index contributed by atoms with van der Waals surface area (Å²) in [5.74, 6) is 0. The number of aliphatic hydroxyl groups excluding tert-OH is 5. The molecule has 0 aliphatic heterocycles. The van der Waals surface area contributed by atoms with E-state index < -0.39 is 30.5 Å². The minimum absolute atomic E-state index is 0.137. The molecule has 0 heterocycles. The second-order valence-electron chi connectivity index (χ2n) is 5.41. The van der Waals surface area contributed by atoms with Crippen LogP contribution in [-0.2, 0) is 0 Å². The van der Waals surface area contributed by atoms with E-state index in [2.05, 4.69) is 0 Å². The van der Waals surface area contributed by atoms with Gasteiger partial charge in [0.2, 0.25) is 0 Å². The molecule has 0 aromatic heterocycles. The van der Waals surface area contributed by atoms with Gasteiger partial charge in [-0.05, 0) is 38.5 Å². The van der Waals surface area contributed by atoms with E-state index in [1.807, 2.05) is 13.8 Å². The van der Waals surface area contributed by atoms with Crippen molar-refractivity contribution in [2.45, 2.75) is 89.3 Å². The minimum atomic E-state index is -0.817. The zero-order valence-corrected chi connectivity index (χ0v) is 12.1. The lowest BCUT2D eigenvalue weighted by Gasteiger charge is -2.21. The van der Waals surface area contributed by atoms with Gasteiger partial charge in [0.1, 0.15) is 0 Å². The Morgan fingerprint density at radius 2 is 0.947 bits per heavy atom. The lowest BCUT2D eigenvalue weighted by Crippen LogP contribution is -2.27. The fourth-order valence-corrected chi connectivity index (χ4v) is 2.16. The maximum Gasteiger partial charge on any atom is 0.0589 e. The Kier molecular flexibility index (Phi) is 10.5. The molecule has 116 valence electrons. The van der Waals surface area contributed by atoms with E-state index >= 15 is 0 Å². The van der Waals surface area contributed by atoms with Crippen LogP contribution < -0.4 is 0 Å². The molecule has 5 unspecified atom stereocenters. The molecule has 0 fully saturated rings. The van der Waals surface area contributed by atoms with E-state index in [1.165, 1.54) is 0 Å². The molecule has 0 aromatic rings. The van der Waals surface area contributed by atoms with Crippen molar-refractivity contribution in [2.24, 2.45) is 0 Å². The predicted molar refractivity (Wildman–Crippen MR) is 73.7 cm³/mol. The Hall–Kier alpha value is -0.200. The fraction of sp³-hybridized carbons (Fsp3) is 1.00. The van der Waals surface area contributed by atoms with E-state index in [0.717, 1.165) is 6.42 Å². The van der Waals surface area contributed by atoms with Gasteiger partial charge in [-0.1, -0.05) is 20.3 Å². The molecule has 0 saturated heterocycles. The van der Waals surface area contributed by atoms with Gasteiger partial charge in [-0.3, -0.25) is 0 Å². The number of hydrogen-bond acceptors (Lipinski definition) is 5. The molecular formula is C14H30O5. The number of aliphatic hydroxyl groups is 5. The Bertz CT molecular complexity index is 212. The molecule has 0 amide bonds. The third-order valence-corrected chi connectivity index (χ3v) is 3.27. The molecule has 5 atom stereocenters. The molecule has 0 aliphatic rings. The summed E-state index contributed by atoms with van der Waals surface area (Å²) in [4.78, 5) is 0. The van der Waals surface area contributed by atoms with Crippen molar-refractivity contribution in [2.75, 3.05) is 0 Å². The first-order chi connectivity index (χ1) is 8.88. The second kappa shape index (κ2) is 10.6. The Balaban J connectivity index is 3.86. The Morgan fingerprint density at radius 1 is 0.579 bits per heavy atom. The van der Waals surface area contributed by atoms with Gasteiger partial charge in [0.25, 0.3) is 0 Å². The molecule has 5 N–H and O–H groups in total. The third kappa shape index (κ3) is 10.3. The molecule has 0 spiro atoms. The third-order valence-electron chi connectivity index (χ3n) is 3.27. The van der Waals surface area contributed by atoms with E-state index in [9.17, 15) is 25.5 Å². The zero-order valence-electron chi connectivity index (χ0n) is 12.1. The normalized spacial score (nSPS) is 19.7. The molecule has 0 aliphatic carbocycles. The predicted octanol–water partition coefficient (Wildman–Crippen LogP) is 0.561. The van der Waals surface area contributed by atoms with Crippen LogP contribution in [0.25, 0.3) is 0 Å². The minimum Gasteiger partial charge on any atom is -0.393 e. The smallest absolute Gasteiger partial charge is 0.0589 e. The van der Waals surface area contributed by atoms with E-state index in [-0.39, 0.29) is 25.7 Å². The quantitative estimate of drug-likeness (QED) is 0.380. The van der Waals surface area contributed by atoms with Crippen molar-refractivity contribution in [1.82, 2.24) is 0 Å². The van der Waals surface area contributed by atoms with E-state index in [0.29, 0.717) is 12.8 Å². The molecule has 0 aromatic carbocycles. The van der Waals surface area contributed by atoms with Crippen LogP contribution in [-0.4, -0.2) is 56.1 Å². The topological polar surface area (TPSA) is 101 Å². The van der Waals surface area contributed by atoms with Gasteiger partial charge in [0.05, 0.1) is 30.5 Å². The number of hydrogen-bond donors (Lipinski definition) is 5. The largest absolute Gasteiger partial charge is 0.393 e. The first-order valence-electron chi connectivity index (χ1n) is 7.29. The summed E-state index contributed by atoms with van der Waals surface area (Å²) < 4.78 is 0. The van der Waals surface area contributed by atoms with Crippen LogP contribution in [0.2, 0.25) is 0 Å². The van der Waals surface area contributed by atoms with Crippen molar-refractivity contribution in [1.29, 1.82) is 0 Å². The van der Waals surface area contributed by atoms with Gasteiger partial charge < -0.3 is 25.5 Å². The van der Waals surface area contributed by atoms with E-state index in [4.69, 9.17) is 0 Å². The highest BCUT2D eigenvalue weighted by Crippen LogP contribution is 2.14. The summed E-state index contributed by atoms with van der Waals surface area (Å²) >= 11 is 0. The molecule has 19 heavy (non-hydrogen) atoms. The Labute approximate surface area is 115 Å². The maximum absolute atomic E-state index is 9.74. The van der Waals surface area contributed by atoms with Crippen LogP contribution in [0, 0.1) is 0 Å². The van der Waals surface area contributed by atoms with Gasteiger partial charge in [-0.2, -0.15) is 0 Å². The summed E-state index contributed by atoms with van der Waals surface area (Å²) in [6, 6.07) is 0. The first-order valence-corrected chi connectivity index (χ1v) is 7.29. The standard InChI is InChI=1S/C14H30O5/c1-3-5-11(16)7-13(18)9-14(19)8-12(17)6-10(15)4-2/h10-19H,3-9H2,1-2H3. The van der Waals surface area contributed by atoms with Crippen LogP contribution in [0.15, 0.2) is 0 Å². The van der Waals surface area contributed by atoms with E-state index in [1.54, 1.807) is 0 Å². The molecule has 5 heteroatoms. The molecule has 0 rings (SSSR count). The van der Waals surface area contributed by atoms with Crippen molar-refractivity contribution in [3.8, 4) is 0 Å². The van der Waals surface area contributed by atoms with Gasteiger partial charge in [-0.15, -0.1) is 0 Å². The lowest BCUT2D eigenvalue weighted by molar-refractivity contribution is 0.00567. The summed E-state index contributed by atoms with van der Waals surface area (Å²) in [7, 11) is 0. The van der Waals surface area contributed by atoms with Crippen LogP contribution in [0.4, 0.5) is 0 Å². The monoisotopic (exact) mass is 278 g/mol. The van der Waals surface area contributed by atoms with Crippen molar-refractivity contribution >= 4 is 0 Å². The first kappa shape index (κ1) is 18.8. The van der Waals surface area contributed by atoms with Crippen LogP contribution in [0.3, 0.4) is 0 Å². The van der Waals surface area contributed by atoms with Crippen LogP contribution in [0.5, 0.6) is 0 Å². The molecule has 5 nitrogen and oxygen atoms in total. The highest BCUT2D eigenvalue weighted by Gasteiger charge is 2.19. The Morgan fingerprint density at radius 3 is 1.32 bits per heavy atom. The van der Waals surface area contributed by atoms with Gasteiger partial charge in [-0.25, -0.2) is 0 Å². The van der Waals surface area contributed by atoms with Crippen LogP contribution >= 0.6 is 0 Å². The molecule has 0 radical (unpaired) electrons. The maximum atomic E-state index is 9.74. The summed E-state index contributed by atoms with van der Waals surface area (Å²) in [5, 5.41) is 48.0. The second-order valence-corrected chi connectivity index (χ2v) is 5.41. The van der Waals surface area contributed by atoms with Crippen molar-refractivity contribution < 1.29 is 25.5 Å². The van der Waals surface area contributed by atoms with Gasteiger partial charge >= 0.3 is 0 Å². The zero-order chi connectivity index (χ0) is 14.8. The van der Waals surface area contributed by atoms with Gasteiger partial charge in [0, 0.05) is 0 Å². The SMILES string of the molecule is CCCC(O)CC(O)CC(O)CC(O)CC(O)CC.